The van der Waals surface area contributed by atoms with Gasteiger partial charge in [-0.25, -0.2) is 0 Å². The standard InChI is InChI=1S/C38H44N2O/c1-6-31-25-29(14-19-37(31)39-4)9-7-8-20-38(21-22-40(5)32-15-12-30(26-41)13-16-32)35-23-27(2)10-17-33(35)34-18-11-28(3)24-36(34)38/h10-19,23-26,39H,6-9,20-22H2,1-5H3. The molecule has 0 unspecified atom stereocenters. The van der Waals surface area contributed by atoms with Gasteiger partial charge in [0, 0.05) is 43.0 Å². The maximum absolute atomic E-state index is 11.2. The highest BCUT2D eigenvalue weighted by atomic mass is 16.1. The third-order valence-corrected chi connectivity index (χ3v) is 9.15. The molecule has 0 amide bonds. The van der Waals surface area contributed by atoms with E-state index in [0.29, 0.717) is 0 Å². The summed E-state index contributed by atoms with van der Waals surface area (Å²) in [6.07, 6.45) is 7.59. The Kier molecular flexibility index (Phi) is 8.63. The van der Waals surface area contributed by atoms with E-state index in [1.807, 2.05) is 19.2 Å². The number of fused-ring (bicyclic) bond motifs is 3. The minimum atomic E-state index is -0.0235. The second-order valence-corrected chi connectivity index (χ2v) is 11.9. The lowest BCUT2D eigenvalue weighted by Crippen LogP contribution is -2.32. The van der Waals surface area contributed by atoms with Gasteiger partial charge in [0.15, 0.2) is 0 Å². The molecule has 1 aliphatic carbocycles. The van der Waals surface area contributed by atoms with Gasteiger partial charge in [-0.15, -0.1) is 0 Å². The number of nitrogens with zero attached hydrogens (tertiary/aromatic N) is 1. The Morgan fingerprint density at radius 1 is 0.805 bits per heavy atom. The molecule has 4 aromatic carbocycles. The summed E-state index contributed by atoms with van der Waals surface area (Å²) in [5, 5.41) is 3.33. The van der Waals surface area contributed by atoms with Gasteiger partial charge < -0.3 is 10.2 Å². The summed E-state index contributed by atoms with van der Waals surface area (Å²) < 4.78 is 0. The van der Waals surface area contributed by atoms with E-state index in [1.54, 1.807) is 0 Å². The van der Waals surface area contributed by atoms with Gasteiger partial charge in [0.25, 0.3) is 0 Å². The minimum Gasteiger partial charge on any atom is -0.388 e. The smallest absolute Gasteiger partial charge is 0.150 e. The molecule has 0 aromatic heterocycles. The van der Waals surface area contributed by atoms with E-state index in [-0.39, 0.29) is 5.41 Å². The summed E-state index contributed by atoms with van der Waals surface area (Å²) >= 11 is 0. The van der Waals surface area contributed by atoms with Gasteiger partial charge in [0.05, 0.1) is 0 Å². The predicted octanol–water partition coefficient (Wildman–Crippen LogP) is 8.93. The maximum atomic E-state index is 11.2. The lowest BCUT2D eigenvalue weighted by Gasteiger charge is -2.35. The van der Waals surface area contributed by atoms with E-state index in [0.717, 1.165) is 49.8 Å². The van der Waals surface area contributed by atoms with E-state index < -0.39 is 0 Å². The topological polar surface area (TPSA) is 32.3 Å². The van der Waals surface area contributed by atoms with Crippen molar-refractivity contribution in [3.05, 3.63) is 118 Å². The molecule has 41 heavy (non-hydrogen) atoms. The molecule has 0 heterocycles. The Morgan fingerprint density at radius 2 is 1.46 bits per heavy atom. The SMILES string of the molecule is CCc1cc(CCCCC2(CCN(C)c3ccc(C=O)cc3)c3cc(C)ccc3-c3ccc(C)cc32)ccc1NC. The van der Waals surface area contributed by atoms with Crippen molar-refractivity contribution in [2.75, 3.05) is 30.9 Å². The number of benzene rings is 4. The molecule has 0 radical (unpaired) electrons. The van der Waals surface area contributed by atoms with Crippen LogP contribution in [0, 0.1) is 13.8 Å². The molecular formula is C38H44N2O. The monoisotopic (exact) mass is 544 g/mol. The molecule has 0 bridgehead atoms. The van der Waals surface area contributed by atoms with Crippen LogP contribution in [0.5, 0.6) is 0 Å². The molecule has 0 saturated carbocycles. The Labute approximate surface area is 246 Å². The molecule has 0 aliphatic heterocycles. The number of carbonyl (C=O) groups excluding carboxylic acids is 1. The van der Waals surface area contributed by atoms with Crippen molar-refractivity contribution in [2.45, 2.75) is 64.7 Å². The van der Waals surface area contributed by atoms with Gasteiger partial charge in [0.1, 0.15) is 6.29 Å². The van der Waals surface area contributed by atoms with Crippen LogP contribution in [0.4, 0.5) is 11.4 Å². The zero-order valence-corrected chi connectivity index (χ0v) is 25.4. The molecule has 4 aromatic rings. The van der Waals surface area contributed by atoms with Crippen molar-refractivity contribution in [1.82, 2.24) is 0 Å². The summed E-state index contributed by atoms with van der Waals surface area (Å²) in [4.78, 5) is 13.5. The lowest BCUT2D eigenvalue weighted by molar-refractivity contribution is 0.112. The average Bonchev–Trinajstić information content (AvgIpc) is 3.25. The Bertz CT molecular complexity index is 1470. The van der Waals surface area contributed by atoms with Gasteiger partial charge in [-0.05, 0) is 110 Å². The number of aryl methyl sites for hydroxylation is 4. The number of carbonyl (C=O) groups is 1. The largest absolute Gasteiger partial charge is 0.388 e. The molecule has 1 N–H and O–H groups in total. The Balaban J connectivity index is 1.43. The third kappa shape index (κ3) is 5.81. The van der Waals surface area contributed by atoms with Crippen LogP contribution in [0.25, 0.3) is 11.1 Å². The highest BCUT2D eigenvalue weighted by Gasteiger charge is 2.42. The first kappa shape index (κ1) is 28.7. The molecule has 0 spiro atoms. The van der Waals surface area contributed by atoms with Gasteiger partial charge >= 0.3 is 0 Å². The van der Waals surface area contributed by atoms with E-state index >= 15 is 0 Å². The molecule has 0 saturated heterocycles. The maximum Gasteiger partial charge on any atom is 0.150 e. The first-order valence-corrected chi connectivity index (χ1v) is 15.2. The number of hydrogen-bond donors (Lipinski definition) is 1. The van der Waals surface area contributed by atoms with E-state index in [9.17, 15) is 4.79 Å². The van der Waals surface area contributed by atoms with Crippen LogP contribution in [0.1, 0.15) is 76.3 Å². The summed E-state index contributed by atoms with van der Waals surface area (Å²) in [5.41, 5.74) is 14.4. The van der Waals surface area contributed by atoms with Crippen molar-refractivity contribution in [2.24, 2.45) is 0 Å². The lowest BCUT2D eigenvalue weighted by atomic mass is 9.71. The van der Waals surface area contributed by atoms with Gasteiger partial charge in [-0.2, -0.15) is 0 Å². The second kappa shape index (κ2) is 12.3. The van der Waals surface area contributed by atoms with Crippen LogP contribution < -0.4 is 10.2 Å². The molecule has 1 aliphatic rings. The number of rotatable bonds is 12. The molecule has 212 valence electrons. The first-order chi connectivity index (χ1) is 19.9. The molecule has 3 nitrogen and oxygen atoms in total. The van der Waals surface area contributed by atoms with Crippen molar-refractivity contribution in [1.29, 1.82) is 0 Å². The highest BCUT2D eigenvalue weighted by molar-refractivity contribution is 5.82. The number of hydrogen-bond acceptors (Lipinski definition) is 3. The Morgan fingerprint density at radius 3 is 2.05 bits per heavy atom. The first-order valence-electron chi connectivity index (χ1n) is 15.2. The molecular weight excluding hydrogens is 500 g/mol. The van der Waals surface area contributed by atoms with Crippen LogP contribution in [0.3, 0.4) is 0 Å². The average molecular weight is 545 g/mol. The number of anilines is 2. The van der Waals surface area contributed by atoms with Crippen LogP contribution in [-0.2, 0) is 18.3 Å². The zero-order chi connectivity index (χ0) is 29.0. The third-order valence-electron chi connectivity index (χ3n) is 9.15. The fourth-order valence-corrected chi connectivity index (χ4v) is 6.78. The molecule has 0 fully saturated rings. The van der Waals surface area contributed by atoms with Crippen LogP contribution in [0.2, 0.25) is 0 Å². The zero-order valence-electron chi connectivity index (χ0n) is 25.4. The van der Waals surface area contributed by atoms with E-state index in [2.05, 4.69) is 105 Å². The van der Waals surface area contributed by atoms with Crippen LogP contribution in [0.15, 0.2) is 78.9 Å². The van der Waals surface area contributed by atoms with E-state index in [1.165, 1.54) is 63.0 Å². The second-order valence-electron chi connectivity index (χ2n) is 11.9. The fourth-order valence-electron chi connectivity index (χ4n) is 6.78. The number of unbranched alkanes of at least 4 members (excludes halogenated alkanes) is 1. The highest BCUT2D eigenvalue weighted by Crippen LogP contribution is 2.54. The quantitative estimate of drug-likeness (QED) is 0.143. The normalized spacial score (nSPS) is 13.0. The van der Waals surface area contributed by atoms with Crippen molar-refractivity contribution in [3.8, 4) is 11.1 Å². The van der Waals surface area contributed by atoms with Crippen molar-refractivity contribution < 1.29 is 4.79 Å². The molecule has 3 heteroatoms. The van der Waals surface area contributed by atoms with Crippen LogP contribution >= 0.6 is 0 Å². The van der Waals surface area contributed by atoms with E-state index in [4.69, 9.17) is 0 Å². The van der Waals surface area contributed by atoms with Crippen molar-refractivity contribution >= 4 is 17.7 Å². The molecule has 0 atom stereocenters. The van der Waals surface area contributed by atoms with Gasteiger partial charge in [-0.3, -0.25) is 4.79 Å². The summed E-state index contributed by atoms with van der Waals surface area (Å²) in [6.45, 7) is 7.61. The fraction of sp³-hybridized carbons (Fsp3) is 0.342. The summed E-state index contributed by atoms with van der Waals surface area (Å²) in [5.74, 6) is 0. The summed E-state index contributed by atoms with van der Waals surface area (Å²) in [7, 11) is 4.18. The van der Waals surface area contributed by atoms with Crippen LogP contribution in [-0.4, -0.2) is 26.9 Å². The summed E-state index contributed by atoms with van der Waals surface area (Å²) in [6, 6.07) is 29.0. The van der Waals surface area contributed by atoms with Gasteiger partial charge in [0.2, 0.25) is 0 Å². The molecule has 5 rings (SSSR count). The van der Waals surface area contributed by atoms with Gasteiger partial charge in [-0.1, -0.05) is 73.0 Å². The minimum absolute atomic E-state index is 0.0235. The predicted molar refractivity (Wildman–Crippen MR) is 175 cm³/mol. The number of nitrogens with one attached hydrogen (secondary N) is 1. The number of aldehydes is 1. The Hall–Kier alpha value is -3.85. The van der Waals surface area contributed by atoms with Crippen molar-refractivity contribution in [3.63, 3.8) is 0 Å².